The minimum absolute atomic E-state index is 0.00979. The van der Waals surface area contributed by atoms with Gasteiger partial charge in [0.25, 0.3) is 0 Å². The summed E-state index contributed by atoms with van der Waals surface area (Å²) >= 11 is 0. The Balaban J connectivity index is 1.73. The van der Waals surface area contributed by atoms with Crippen LogP contribution in [0.3, 0.4) is 0 Å². The van der Waals surface area contributed by atoms with Crippen LogP contribution in [0.5, 0.6) is 0 Å². The third-order valence-corrected chi connectivity index (χ3v) is 3.19. The number of benzene rings is 1. The zero-order valence-corrected chi connectivity index (χ0v) is 10.6. The molecule has 18 heavy (non-hydrogen) atoms. The molecule has 1 saturated heterocycles. The second-order valence-corrected chi connectivity index (χ2v) is 4.70. The Morgan fingerprint density at radius 2 is 2.22 bits per heavy atom. The van der Waals surface area contributed by atoms with Gasteiger partial charge >= 0.3 is 0 Å². The van der Waals surface area contributed by atoms with Crippen molar-refractivity contribution in [3.8, 4) is 0 Å². The Labute approximate surface area is 108 Å². The molecule has 1 amide bonds. The van der Waals surface area contributed by atoms with Crippen LogP contribution in [0.2, 0.25) is 0 Å². The zero-order chi connectivity index (χ0) is 12.6. The maximum Gasteiger partial charge on any atom is 0.244 e. The van der Waals surface area contributed by atoms with E-state index < -0.39 is 0 Å². The molecule has 0 radical (unpaired) electrons. The number of rotatable bonds is 4. The predicted octanol–water partition coefficient (Wildman–Crippen LogP) is 1.82. The maximum absolute atomic E-state index is 11.6. The smallest absolute Gasteiger partial charge is 0.244 e. The SMILES string of the molecule is O=C(C=Cc1ccccc1)NCC1CCCNC1. The summed E-state index contributed by atoms with van der Waals surface area (Å²) in [6, 6.07) is 9.85. The van der Waals surface area contributed by atoms with Gasteiger partial charge in [0.05, 0.1) is 0 Å². The number of carbonyl (C=O) groups excluding carboxylic acids is 1. The van der Waals surface area contributed by atoms with Gasteiger partial charge in [0.15, 0.2) is 0 Å². The summed E-state index contributed by atoms with van der Waals surface area (Å²) in [4.78, 5) is 11.6. The number of hydrogen-bond donors (Lipinski definition) is 2. The Morgan fingerprint density at radius 3 is 2.94 bits per heavy atom. The van der Waals surface area contributed by atoms with Gasteiger partial charge in [0.2, 0.25) is 5.91 Å². The summed E-state index contributed by atoms with van der Waals surface area (Å²) in [6.07, 6.45) is 5.86. The normalized spacial score (nSPS) is 19.9. The van der Waals surface area contributed by atoms with E-state index in [-0.39, 0.29) is 5.91 Å². The van der Waals surface area contributed by atoms with Crippen LogP contribution < -0.4 is 10.6 Å². The molecule has 2 N–H and O–H groups in total. The lowest BCUT2D eigenvalue weighted by Crippen LogP contribution is -2.37. The maximum atomic E-state index is 11.6. The highest BCUT2D eigenvalue weighted by Gasteiger charge is 2.12. The van der Waals surface area contributed by atoms with Gasteiger partial charge in [-0.1, -0.05) is 30.3 Å². The van der Waals surface area contributed by atoms with Crippen LogP contribution in [0.4, 0.5) is 0 Å². The highest BCUT2D eigenvalue weighted by molar-refractivity contribution is 5.91. The van der Waals surface area contributed by atoms with E-state index in [2.05, 4.69) is 10.6 Å². The van der Waals surface area contributed by atoms with Crippen molar-refractivity contribution < 1.29 is 4.79 Å². The minimum Gasteiger partial charge on any atom is -0.352 e. The van der Waals surface area contributed by atoms with E-state index in [0.717, 1.165) is 25.2 Å². The van der Waals surface area contributed by atoms with Crippen LogP contribution in [0.25, 0.3) is 6.08 Å². The van der Waals surface area contributed by atoms with Crippen LogP contribution in [0, 0.1) is 5.92 Å². The van der Waals surface area contributed by atoms with E-state index in [1.54, 1.807) is 6.08 Å². The molecule has 0 bridgehead atoms. The molecule has 1 fully saturated rings. The molecule has 1 unspecified atom stereocenters. The molecule has 1 atom stereocenters. The van der Waals surface area contributed by atoms with Crippen molar-refractivity contribution in [3.63, 3.8) is 0 Å². The first-order valence-electron chi connectivity index (χ1n) is 6.56. The molecule has 0 saturated carbocycles. The van der Waals surface area contributed by atoms with E-state index >= 15 is 0 Å². The number of hydrogen-bond acceptors (Lipinski definition) is 2. The van der Waals surface area contributed by atoms with Gasteiger partial charge in [-0.05, 0) is 43.5 Å². The van der Waals surface area contributed by atoms with Gasteiger partial charge in [-0.15, -0.1) is 0 Å². The average Bonchev–Trinajstić information content (AvgIpc) is 2.45. The van der Waals surface area contributed by atoms with Gasteiger partial charge in [0.1, 0.15) is 0 Å². The lowest BCUT2D eigenvalue weighted by atomic mass is 10.00. The Hall–Kier alpha value is -1.61. The Kier molecular flexibility index (Phi) is 4.97. The van der Waals surface area contributed by atoms with Crippen molar-refractivity contribution >= 4 is 12.0 Å². The first-order valence-corrected chi connectivity index (χ1v) is 6.56. The monoisotopic (exact) mass is 244 g/mol. The molecule has 3 nitrogen and oxygen atoms in total. The van der Waals surface area contributed by atoms with E-state index in [4.69, 9.17) is 0 Å². The van der Waals surface area contributed by atoms with Crippen LogP contribution in [0.1, 0.15) is 18.4 Å². The lowest BCUT2D eigenvalue weighted by molar-refractivity contribution is -0.116. The van der Waals surface area contributed by atoms with Crippen molar-refractivity contribution in [3.05, 3.63) is 42.0 Å². The summed E-state index contributed by atoms with van der Waals surface area (Å²) in [5.74, 6) is 0.567. The summed E-state index contributed by atoms with van der Waals surface area (Å²) in [6.45, 7) is 2.89. The van der Waals surface area contributed by atoms with E-state index in [1.165, 1.54) is 12.8 Å². The highest BCUT2D eigenvalue weighted by atomic mass is 16.1. The standard InChI is InChI=1S/C15H20N2O/c18-15(9-8-13-5-2-1-3-6-13)17-12-14-7-4-10-16-11-14/h1-3,5-6,8-9,14,16H,4,7,10-12H2,(H,17,18). The minimum atomic E-state index is -0.00979. The molecule has 3 heteroatoms. The molecule has 0 aliphatic carbocycles. The predicted molar refractivity (Wildman–Crippen MR) is 74.1 cm³/mol. The number of amides is 1. The number of carbonyl (C=O) groups is 1. The quantitative estimate of drug-likeness (QED) is 0.793. The summed E-state index contributed by atoms with van der Waals surface area (Å²) < 4.78 is 0. The zero-order valence-electron chi connectivity index (χ0n) is 10.6. The van der Waals surface area contributed by atoms with Gasteiger partial charge in [-0.25, -0.2) is 0 Å². The summed E-state index contributed by atoms with van der Waals surface area (Å²) in [5.41, 5.74) is 1.05. The van der Waals surface area contributed by atoms with Crippen LogP contribution in [-0.4, -0.2) is 25.5 Å². The van der Waals surface area contributed by atoms with E-state index in [9.17, 15) is 4.79 Å². The second kappa shape index (κ2) is 6.97. The van der Waals surface area contributed by atoms with Crippen molar-refractivity contribution in [1.29, 1.82) is 0 Å². The molecule has 1 heterocycles. The van der Waals surface area contributed by atoms with Gasteiger partial charge in [-0.3, -0.25) is 4.79 Å². The van der Waals surface area contributed by atoms with Gasteiger partial charge < -0.3 is 10.6 Å². The van der Waals surface area contributed by atoms with Crippen molar-refractivity contribution in [2.75, 3.05) is 19.6 Å². The third kappa shape index (κ3) is 4.34. The van der Waals surface area contributed by atoms with E-state index in [0.29, 0.717) is 5.92 Å². The molecule has 1 aromatic rings. The van der Waals surface area contributed by atoms with Crippen molar-refractivity contribution in [2.45, 2.75) is 12.8 Å². The van der Waals surface area contributed by atoms with Gasteiger partial charge in [-0.2, -0.15) is 0 Å². The van der Waals surface area contributed by atoms with Crippen molar-refractivity contribution in [2.24, 2.45) is 5.92 Å². The molecular weight excluding hydrogens is 224 g/mol. The average molecular weight is 244 g/mol. The largest absolute Gasteiger partial charge is 0.352 e. The third-order valence-electron chi connectivity index (χ3n) is 3.19. The number of piperidine rings is 1. The Morgan fingerprint density at radius 1 is 1.39 bits per heavy atom. The second-order valence-electron chi connectivity index (χ2n) is 4.70. The van der Waals surface area contributed by atoms with Crippen LogP contribution >= 0.6 is 0 Å². The van der Waals surface area contributed by atoms with Gasteiger partial charge in [0, 0.05) is 12.6 Å². The first kappa shape index (κ1) is 12.8. The molecular formula is C15H20N2O. The van der Waals surface area contributed by atoms with E-state index in [1.807, 2.05) is 36.4 Å². The summed E-state index contributed by atoms with van der Waals surface area (Å²) in [5, 5.41) is 6.30. The van der Waals surface area contributed by atoms with Crippen molar-refractivity contribution in [1.82, 2.24) is 10.6 Å². The number of nitrogens with one attached hydrogen (secondary N) is 2. The molecule has 2 rings (SSSR count). The fourth-order valence-electron chi connectivity index (χ4n) is 2.14. The fraction of sp³-hybridized carbons (Fsp3) is 0.400. The molecule has 1 aliphatic rings. The molecule has 96 valence electrons. The highest BCUT2D eigenvalue weighted by Crippen LogP contribution is 2.08. The molecule has 0 aromatic heterocycles. The van der Waals surface area contributed by atoms with Crippen LogP contribution in [0.15, 0.2) is 36.4 Å². The summed E-state index contributed by atoms with van der Waals surface area (Å²) in [7, 11) is 0. The fourth-order valence-corrected chi connectivity index (χ4v) is 2.14. The molecule has 1 aromatic carbocycles. The Bertz CT molecular complexity index is 394. The molecule has 0 spiro atoms. The van der Waals surface area contributed by atoms with Crippen LogP contribution in [-0.2, 0) is 4.79 Å². The first-order chi connectivity index (χ1) is 8.84. The topological polar surface area (TPSA) is 41.1 Å². The lowest BCUT2D eigenvalue weighted by Gasteiger charge is -2.22. The molecule has 1 aliphatic heterocycles.